The number of urea groups is 1. The molecular weight excluding hydrogens is 436 g/mol. The molecule has 3 unspecified atom stereocenters. The van der Waals surface area contributed by atoms with Gasteiger partial charge >= 0.3 is 6.03 Å². The minimum atomic E-state index is -0.0525. The molecule has 2 fully saturated rings. The van der Waals surface area contributed by atoms with E-state index in [1.54, 1.807) is 0 Å². The highest BCUT2D eigenvalue weighted by Gasteiger charge is 2.42. The first-order valence-electron chi connectivity index (χ1n) is 11.7. The molecule has 0 aromatic rings. The number of fused-ring (bicyclic) bond motifs is 1. The van der Waals surface area contributed by atoms with E-state index in [-0.39, 0.29) is 24.0 Å². The first kappa shape index (κ1) is 27.1. The molecule has 186 valence electrons. The number of hydrogen-bond donors (Lipinski definition) is 4. The van der Waals surface area contributed by atoms with Gasteiger partial charge in [-0.1, -0.05) is 6.42 Å². The third kappa shape index (κ3) is 11.7. The summed E-state index contributed by atoms with van der Waals surface area (Å²) >= 11 is 1.91. The molecule has 0 aromatic carbocycles. The molecule has 2 rings (SSSR count). The zero-order chi connectivity index (χ0) is 22.9. The van der Waals surface area contributed by atoms with Gasteiger partial charge in [0.15, 0.2) is 0 Å². The van der Waals surface area contributed by atoms with E-state index in [2.05, 4.69) is 16.0 Å². The number of hydrogen-bond acceptors (Lipinski definition) is 8. The van der Waals surface area contributed by atoms with Gasteiger partial charge in [-0.2, -0.15) is 11.8 Å². The van der Waals surface area contributed by atoms with Gasteiger partial charge in [0.25, 0.3) is 0 Å². The fraction of sp³-hybridized carbons (Fsp3) is 0.905. The van der Waals surface area contributed by atoms with Gasteiger partial charge in [0.1, 0.15) is 0 Å². The highest BCUT2D eigenvalue weighted by molar-refractivity contribution is 8.00. The van der Waals surface area contributed by atoms with Crippen LogP contribution in [0.2, 0.25) is 0 Å². The maximum absolute atomic E-state index is 11.9. The van der Waals surface area contributed by atoms with Gasteiger partial charge in [0.05, 0.1) is 58.3 Å². The maximum atomic E-state index is 11.9. The van der Waals surface area contributed by atoms with E-state index in [9.17, 15) is 9.59 Å². The number of nitrogens with one attached hydrogen (secondary N) is 3. The number of carbonyl (C=O) groups is 2. The lowest BCUT2D eigenvalue weighted by Crippen LogP contribution is -2.36. The van der Waals surface area contributed by atoms with Gasteiger partial charge in [-0.3, -0.25) is 4.79 Å². The molecule has 0 aromatic heterocycles. The second-order valence-electron chi connectivity index (χ2n) is 7.81. The Balaban J connectivity index is 1.28. The van der Waals surface area contributed by atoms with Crippen molar-refractivity contribution in [3.05, 3.63) is 0 Å². The summed E-state index contributed by atoms with van der Waals surface area (Å²) in [4.78, 5) is 23.3. The van der Waals surface area contributed by atoms with Crippen LogP contribution in [0.5, 0.6) is 0 Å². The quantitative estimate of drug-likeness (QED) is 0.145. The molecule has 2 heterocycles. The molecule has 2 saturated heterocycles. The number of carbonyl (C=O) groups excluding carboxylic acids is 2. The van der Waals surface area contributed by atoms with Crippen LogP contribution in [0.4, 0.5) is 4.79 Å². The summed E-state index contributed by atoms with van der Waals surface area (Å²) in [6.07, 6.45) is 4.27. The molecule has 0 aliphatic carbocycles. The lowest BCUT2D eigenvalue weighted by atomic mass is 10.0. The first-order chi connectivity index (χ1) is 15.7. The Labute approximate surface area is 195 Å². The van der Waals surface area contributed by atoms with E-state index in [1.807, 2.05) is 11.8 Å². The van der Waals surface area contributed by atoms with E-state index >= 15 is 0 Å². The summed E-state index contributed by atoms with van der Waals surface area (Å²) in [5, 5.41) is 9.28. The number of unbranched alkanes of at least 4 members (excludes halogenated alkanes) is 1. The number of nitrogens with two attached hydrogens (primary N) is 1. The molecule has 3 atom stereocenters. The SMILES string of the molecule is NCCCOCCOCCOCCOCCNC(=O)CCCCC1SCC2NC(=O)NC21. The van der Waals surface area contributed by atoms with Crippen molar-refractivity contribution < 1.29 is 28.5 Å². The largest absolute Gasteiger partial charge is 0.379 e. The maximum Gasteiger partial charge on any atom is 0.315 e. The van der Waals surface area contributed by atoms with Crippen molar-refractivity contribution in [2.75, 3.05) is 71.7 Å². The molecule has 2 aliphatic rings. The molecular formula is C21H40N4O6S. The Morgan fingerprint density at radius 3 is 2.28 bits per heavy atom. The Hall–Kier alpha value is -1.11. The summed E-state index contributed by atoms with van der Waals surface area (Å²) in [6, 6.07) is 0.445. The van der Waals surface area contributed by atoms with Crippen LogP contribution in [0.1, 0.15) is 32.1 Å². The van der Waals surface area contributed by atoms with Crippen LogP contribution in [0.25, 0.3) is 0 Å². The van der Waals surface area contributed by atoms with Crippen LogP contribution < -0.4 is 21.7 Å². The van der Waals surface area contributed by atoms with Crippen LogP contribution in [0, 0.1) is 0 Å². The minimum absolute atomic E-state index is 0.0525. The Kier molecular flexibility index (Phi) is 14.7. The summed E-state index contributed by atoms with van der Waals surface area (Å²) < 4.78 is 21.6. The van der Waals surface area contributed by atoms with Crippen molar-refractivity contribution in [1.82, 2.24) is 16.0 Å². The highest BCUT2D eigenvalue weighted by Crippen LogP contribution is 2.33. The summed E-state index contributed by atoms with van der Waals surface area (Å²) in [5.41, 5.74) is 5.38. The smallest absolute Gasteiger partial charge is 0.315 e. The lowest BCUT2D eigenvalue weighted by molar-refractivity contribution is -0.121. The molecule has 0 saturated carbocycles. The molecule has 2 aliphatic heterocycles. The van der Waals surface area contributed by atoms with Gasteiger partial charge in [-0.25, -0.2) is 4.79 Å². The van der Waals surface area contributed by atoms with Crippen molar-refractivity contribution in [2.24, 2.45) is 5.73 Å². The molecule has 0 radical (unpaired) electrons. The van der Waals surface area contributed by atoms with Gasteiger partial charge in [0.2, 0.25) is 5.91 Å². The Morgan fingerprint density at radius 2 is 1.59 bits per heavy atom. The second-order valence-corrected chi connectivity index (χ2v) is 9.08. The molecule has 0 bridgehead atoms. The number of amides is 3. The van der Waals surface area contributed by atoms with Crippen molar-refractivity contribution in [3.8, 4) is 0 Å². The summed E-state index contributed by atoms with van der Waals surface area (Å²) in [5.74, 6) is 1.03. The topological polar surface area (TPSA) is 133 Å². The van der Waals surface area contributed by atoms with Crippen molar-refractivity contribution >= 4 is 23.7 Å². The van der Waals surface area contributed by atoms with Gasteiger partial charge in [-0.05, 0) is 25.8 Å². The third-order valence-corrected chi connectivity index (χ3v) is 6.77. The normalized spacial score (nSPS) is 21.9. The molecule has 11 heteroatoms. The summed E-state index contributed by atoms with van der Waals surface area (Å²) in [7, 11) is 0. The standard InChI is InChI=1S/C21H40N4O6S/c22-6-3-8-28-10-12-30-14-15-31-13-11-29-9-7-23-19(26)5-2-1-4-18-20-17(16-32-18)24-21(27)25-20/h17-18,20H,1-16,22H2,(H,23,26)(H2,24,25,27). The van der Waals surface area contributed by atoms with Crippen molar-refractivity contribution in [3.63, 3.8) is 0 Å². The van der Waals surface area contributed by atoms with Gasteiger partial charge < -0.3 is 40.6 Å². The molecule has 3 amide bonds. The van der Waals surface area contributed by atoms with E-state index in [1.165, 1.54) is 0 Å². The van der Waals surface area contributed by atoms with Crippen LogP contribution in [-0.2, 0) is 23.7 Å². The van der Waals surface area contributed by atoms with Crippen molar-refractivity contribution in [2.45, 2.75) is 49.4 Å². The van der Waals surface area contributed by atoms with E-state index in [4.69, 9.17) is 24.7 Å². The fourth-order valence-corrected chi connectivity index (χ4v) is 5.12. The monoisotopic (exact) mass is 476 g/mol. The zero-order valence-corrected chi connectivity index (χ0v) is 19.8. The first-order valence-corrected chi connectivity index (χ1v) is 12.7. The van der Waals surface area contributed by atoms with E-state index in [0.29, 0.717) is 77.6 Å². The third-order valence-electron chi connectivity index (χ3n) is 5.26. The number of ether oxygens (including phenoxy) is 4. The molecule has 32 heavy (non-hydrogen) atoms. The van der Waals surface area contributed by atoms with Crippen LogP contribution in [-0.4, -0.2) is 101 Å². The van der Waals surface area contributed by atoms with Crippen LogP contribution in [0.15, 0.2) is 0 Å². The van der Waals surface area contributed by atoms with Gasteiger partial charge in [-0.15, -0.1) is 0 Å². The second kappa shape index (κ2) is 17.4. The molecule has 0 spiro atoms. The highest BCUT2D eigenvalue weighted by atomic mass is 32.2. The summed E-state index contributed by atoms with van der Waals surface area (Å²) in [6.45, 7) is 5.47. The van der Waals surface area contributed by atoms with Gasteiger partial charge in [0, 0.05) is 30.6 Å². The Bertz CT molecular complexity index is 531. The molecule has 10 nitrogen and oxygen atoms in total. The van der Waals surface area contributed by atoms with Crippen LogP contribution in [0.3, 0.4) is 0 Å². The van der Waals surface area contributed by atoms with Crippen LogP contribution >= 0.6 is 11.8 Å². The Morgan fingerprint density at radius 1 is 0.938 bits per heavy atom. The average molecular weight is 477 g/mol. The zero-order valence-electron chi connectivity index (χ0n) is 19.0. The van der Waals surface area contributed by atoms with E-state index < -0.39 is 0 Å². The average Bonchev–Trinajstić information content (AvgIpc) is 3.33. The van der Waals surface area contributed by atoms with E-state index in [0.717, 1.165) is 31.4 Å². The minimum Gasteiger partial charge on any atom is -0.379 e. The number of rotatable bonds is 20. The predicted octanol–water partition coefficient (Wildman–Crippen LogP) is 0.244. The number of thioether (sulfide) groups is 1. The fourth-order valence-electron chi connectivity index (χ4n) is 3.57. The van der Waals surface area contributed by atoms with Crippen molar-refractivity contribution in [1.29, 1.82) is 0 Å². The molecule has 5 N–H and O–H groups in total. The lowest BCUT2D eigenvalue weighted by Gasteiger charge is -2.16. The predicted molar refractivity (Wildman–Crippen MR) is 124 cm³/mol.